The Bertz CT molecular complexity index is 340. The number of carbonyl (C=O) groups excluding carboxylic acids is 1. The Balaban J connectivity index is 1.76. The molecule has 5 heteroatoms. The van der Waals surface area contributed by atoms with Crippen LogP contribution in [0.2, 0.25) is 0 Å². The van der Waals surface area contributed by atoms with Crippen molar-refractivity contribution >= 4 is 5.91 Å². The first kappa shape index (κ1) is 16.7. The van der Waals surface area contributed by atoms with Gasteiger partial charge in [-0.3, -0.25) is 9.69 Å². The van der Waals surface area contributed by atoms with E-state index in [2.05, 4.69) is 4.90 Å². The van der Waals surface area contributed by atoms with E-state index in [0.717, 1.165) is 58.8 Å². The van der Waals surface area contributed by atoms with Crippen molar-refractivity contribution in [3.63, 3.8) is 0 Å². The third kappa shape index (κ3) is 4.66. The topological polar surface area (TPSA) is 58.8 Å². The average Bonchev–Trinajstić information content (AvgIpc) is 2.46. The quantitative estimate of drug-likeness (QED) is 0.842. The summed E-state index contributed by atoms with van der Waals surface area (Å²) in [4.78, 5) is 16.9. The van der Waals surface area contributed by atoms with Crippen molar-refractivity contribution in [2.45, 2.75) is 39.7 Å². The van der Waals surface area contributed by atoms with Crippen LogP contribution < -0.4 is 5.73 Å². The number of ether oxygens (including phenoxy) is 1. The predicted octanol–water partition coefficient (Wildman–Crippen LogP) is 0.931. The summed E-state index contributed by atoms with van der Waals surface area (Å²) in [5, 5.41) is 0. The Morgan fingerprint density at radius 2 is 1.76 bits per heavy atom. The summed E-state index contributed by atoms with van der Waals surface area (Å²) >= 11 is 0. The van der Waals surface area contributed by atoms with Gasteiger partial charge in [0, 0.05) is 32.7 Å². The van der Waals surface area contributed by atoms with Crippen molar-refractivity contribution in [2.24, 2.45) is 17.1 Å². The van der Waals surface area contributed by atoms with Crippen LogP contribution in [0.1, 0.15) is 33.6 Å². The van der Waals surface area contributed by atoms with Gasteiger partial charge in [0.05, 0.1) is 19.3 Å². The smallest absolute Gasteiger partial charge is 0.240 e. The van der Waals surface area contributed by atoms with Gasteiger partial charge in [0.1, 0.15) is 0 Å². The molecule has 5 nitrogen and oxygen atoms in total. The number of likely N-dealkylation sites (tertiary alicyclic amines) is 1. The standard InChI is InChI=1S/C16H31N3O2/c1-16(2,3)14(17)15(20)19-6-4-13(5-7-19)12-18-8-10-21-11-9-18/h13-14H,4-12,17H2,1-3H3/t14-/m0/s1. The Labute approximate surface area is 128 Å². The predicted molar refractivity (Wildman–Crippen MR) is 84.0 cm³/mol. The number of nitrogens with zero attached hydrogens (tertiary/aromatic N) is 2. The van der Waals surface area contributed by atoms with Crippen LogP contribution in [0, 0.1) is 11.3 Å². The molecule has 0 spiro atoms. The molecule has 2 rings (SSSR count). The summed E-state index contributed by atoms with van der Waals surface area (Å²) in [6.07, 6.45) is 2.19. The van der Waals surface area contributed by atoms with E-state index in [9.17, 15) is 4.79 Å². The third-order valence-electron chi connectivity index (χ3n) is 4.75. The van der Waals surface area contributed by atoms with Crippen molar-refractivity contribution in [2.75, 3.05) is 45.9 Å². The lowest BCUT2D eigenvalue weighted by molar-refractivity contribution is -0.136. The molecule has 0 aromatic rings. The van der Waals surface area contributed by atoms with Crippen LogP contribution in [0.5, 0.6) is 0 Å². The Hall–Kier alpha value is -0.650. The Morgan fingerprint density at radius 1 is 1.19 bits per heavy atom. The molecule has 2 aliphatic heterocycles. The molecule has 1 atom stereocenters. The minimum Gasteiger partial charge on any atom is -0.379 e. The molecule has 0 saturated carbocycles. The molecule has 122 valence electrons. The lowest BCUT2D eigenvalue weighted by Gasteiger charge is -2.38. The molecular formula is C16H31N3O2. The molecule has 0 unspecified atom stereocenters. The minimum atomic E-state index is -0.395. The minimum absolute atomic E-state index is 0.118. The summed E-state index contributed by atoms with van der Waals surface area (Å²) in [6.45, 7) is 12.8. The molecule has 21 heavy (non-hydrogen) atoms. The number of hydrogen-bond acceptors (Lipinski definition) is 4. The molecule has 0 aromatic heterocycles. The number of amides is 1. The molecule has 2 fully saturated rings. The fraction of sp³-hybridized carbons (Fsp3) is 0.938. The highest BCUT2D eigenvalue weighted by Gasteiger charge is 2.33. The van der Waals surface area contributed by atoms with E-state index in [4.69, 9.17) is 10.5 Å². The average molecular weight is 297 g/mol. The highest BCUT2D eigenvalue weighted by Crippen LogP contribution is 2.23. The summed E-state index contributed by atoms with van der Waals surface area (Å²) in [7, 11) is 0. The Kier molecular flexibility index (Phi) is 5.63. The van der Waals surface area contributed by atoms with Gasteiger partial charge in [-0.25, -0.2) is 0 Å². The van der Waals surface area contributed by atoms with Gasteiger partial charge in [0.2, 0.25) is 5.91 Å². The van der Waals surface area contributed by atoms with Gasteiger partial charge in [-0.2, -0.15) is 0 Å². The van der Waals surface area contributed by atoms with E-state index in [1.807, 2.05) is 25.7 Å². The maximum absolute atomic E-state index is 12.4. The summed E-state index contributed by atoms with van der Waals surface area (Å²) in [5.41, 5.74) is 5.93. The molecule has 2 aliphatic rings. The van der Waals surface area contributed by atoms with Crippen LogP contribution in [-0.2, 0) is 9.53 Å². The van der Waals surface area contributed by atoms with Crippen LogP contribution in [-0.4, -0.2) is 67.7 Å². The monoisotopic (exact) mass is 297 g/mol. The zero-order chi connectivity index (χ0) is 15.5. The first-order chi connectivity index (χ1) is 9.88. The van der Waals surface area contributed by atoms with Gasteiger partial charge in [0.15, 0.2) is 0 Å². The Morgan fingerprint density at radius 3 is 2.29 bits per heavy atom. The summed E-state index contributed by atoms with van der Waals surface area (Å²) < 4.78 is 5.39. The van der Waals surface area contributed by atoms with E-state index in [0.29, 0.717) is 5.92 Å². The second kappa shape index (κ2) is 7.07. The lowest BCUT2D eigenvalue weighted by Crippen LogP contribution is -2.53. The molecular weight excluding hydrogens is 266 g/mol. The fourth-order valence-corrected chi connectivity index (χ4v) is 3.05. The largest absolute Gasteiger partial charge is 0.379 e. The van der Waals surface area contributed by atoms with Crippen molar-refractivity contribution in [3.8, 4) is 0 Å². The molecule has 0 aliphatic carbocycles. The molecule has 0 bridgehead atoms. The molecule has 2 saturated heterocycles. The van der Waals surface area contributed by atoms with Gasteiger partial charge in [0.25, 0.3) is 0 Å². The second-order valence-electron chi connectivity index (χ2n) is 7.53. The van der Waals surface area contributed by atoms with Gasteiger partial charge in [-0.1, -0.05) is 20.8 Å². The van der Waals surface area contributed by atoms with Crippen molar-refractivity contribution in [3.05, 3.63) is 0 Å². The molecule has 0 radical (unpaired) electrons. The summed E-state index contributed by atoms with van der Waals surface area (Å²) in [6, 6.07) is -0.395. The first-order valence-corrected chi connectivity index (χ1v) is 8.22. The first-order valence-electron chi connectivity index (χ1n) is 8.22. The van der Waals surface area contributed by atoms with E-state index in [1.54, 1.807) is 0 Å². The van der Waals surface area contributed by atoms with Crippen LogP contribution in [0.4, 0.5) is 0 Å². The number of piperidine rings is 1. The zero-order valence-electron chi connectivity index (χ0n) is 13.8. The van der Waals surface area contributed by atoms with Crippen LogP contribution >= 0.6 is 0 Å². The highest BCUT2D eigenvalue weighted by atomic mass is 16.5. The SMILES string of the molecule is CC(C)(C)[C@@H](N)C(=O)N1CCC(CN2CCOCC2)CC1. The third-order valence-corrected chi connectivity index (χ3v) is 4.75. The lowest BCUT2D eigenvalue weighted by atomic mass is 9.86. The molecule has 2 N–H and O–H groups in total. The van der Waals surface area contributed by atoms with Gasteiger partial charge < -0.3 is 15.4 Å². The van der Waals surface area contributed by atoms with Gasteiger partial charge >= 0.3 is 0 Å². The van der Waals surface area contributed by atoms with E-state index in [1.165, 1.54) is 0 Å². The summed E-state index contributed by atoms with van der Waals surface area (Å²) in [5.74, 6) is 0.824. The number of rotatable bonds is 3. The number of hydrogen-bond donors (Lipinski definition) is 1. The van der Waals surface area contributed by atoms with E-state index in [-0.39, 0.29) is 11.3 Å². The van der Waals surface area contributed by atoms with Crippen molar-refractivity contribution in [1.29, 1.82) is 0 Å². The van der Waals surface area contributed by atoms with E-state index < -0.39 is 6.04 Å². The van der Waals surface area contributed by atoms with Gasteiger partial charge in [-0.05, 0) is 24.2 Å². The van der Waals surface area contributed by atoms with Crippen LogP contribution in [0.3, 0.4) is 0 Å². The number of carbonyl (C=O) groups is 1. The molecule has 2 heterocycles. The second-order valence-corrected chi connectivity index (χ2v) is 7.53. The number of morpholine rings is 1. The molecule has 0 aromatic carbocycles. The molecule has 1 amide bonds. The van der Waals surface area contributed by atoms with E-state index >= 15 is 0 Å². The van der Waals surface area contributed by atoms with Crippen molar-refractivity contribution < 1.29 is 9.53 Å². The number of nitrogens with two attached hydrogens (primary N) is 1. The zero-order valence-corrected chi connectivity index (χ0v) is 13.8. The van der Waals surface area contributed by atoms with Crippen LogP contribution in [0.15, 0.2) is 0 Å². The van der Waals surface area contributed by atoms with Gasteiger partial charge in [-0.15, -0.1) is 0 Å². The fourth-order valence-electron chi connectivity index (χ4n) is 3.05. The van der Waals surface area contributed by atoms with Crippen molar-refractivity contribution in [1.82, 2.24) is 9.80 Å². The highest BCUT2D eigenvalue weighted by molar-refractivity contribution is 5.82. The normalized spacial score (nSPS) is 24.1. The van der Waals surface area contributed by atoms with Crippen LogP contribution in [0.25, 0.3) is 0 Å². The maximum Gasteiger partial charge on any atom is 0.240 e. The maximum atomic E-state index is 12.4.